The van der Waals surface area contributed by atoms with Crippen LogP contribution in [-0.4, -0.2) is 9.97 Å². The van der Waals surface area contributed by atoms with E-state index in [-0.39, 0.29) is 0 Å². The van der Waals surface area contributed by atoms with Crippen molar-refractivity contribution in [2.24, 2.45) is 0 Å². The van der Waals surface area contributed by atoms with Gasteiger partial charge in [-0.3, -0.25) is 0 Å². The molecule has 0 saturated heterocycles. The summed E-state index contributed by atoms with van der Waals surface area (Å²) in [6.45, 7) is 4.20. The van der Waals surface area contributed by atoms with Gasteiger partial charge in [-0.1, -0.05) is 53.2 Å². The van der Waals surface area contributed by atoms with E-state index in [1.165, 1.54) is 16.0 Å². The molecular weight excluding hydrogens is 370 g/mol. The van der Waals surface area contributed by atoms with Crippen molar-refractivity contribution in [2.75, 3.05) is 5.73 Å². The van der Waals surface area contributed by atoms with Crippen molar-refractivity contribution in [3.63, 3.8) is 0 Å². The molecule has 4 aromatic rings. The Labute approximate surface area is 167 Å². The highest BCUT2D eigenvalue weighted by Crippen LogP contribution is 2.42. The summed E-state index contributed by atoms with van der Waals surface area (Å²) in [5.74, 6) is 0.517. The van der Waals surface area contributed by atoms with Crippen LogP contribution in [0, 0.1) is 13.8 Å². The molecule has 0 bridgehead atoms. The number of nitrogen functional groups attached to an aromatic ring is 1. The molecule has 0 unspecified atom stereocenters. The minimum atomic E-state index is 0.517. The Balaban J connectivity index is 1.80. The Morgan fingerprint density at radius 1 is 0.889 bits per heavy atom. The standard InChI is InChI=1S/C22H19N3S2/c1-14-6-8-18(9-7-14)26-22-25-20(16-5-3-4-15(2)12-16)21(27-22)17-10-11-24-19(23)13-17/h3-13H,1-2H3,(H2,23,24). The number of aromatic nitrogens is 2. The summed E-state index contributed by atoms with van der Waals surface area (Å²) in [5.41, 5.74) is 11.5. The zero-order valence-corrected chi connectivity index (χ0v) is 16.8. The number of nitrogens with zero attached hydrogens (tertiary/aromatic N) is 2. The molecule has 134 valence electrons. The van der Waals surface area contributed by atoms with E-state index in [4.69, 9.17) is 10.7 Å². The maximum absolute atomic E-state index is 5.92. The van der Waals surface area contributed by atoms with Gasteiger partial charge in [0.05, 0.1) is 10.6 Å². The molecule has 5 heteroatoms. The molecule has 2 heterocycles. The lowest BCUT2D eigenvalue weighted by atomic mass is 10.1. The Bertz CT molecular complexity index is 1020. The number of hydrogen-bond donors (Lipinski definition) is 1. The average molecular weight is 390 g/mol. The quantitative estimate of drug-likeness (QED) is 0.450. The number of anilines is 1. The largest absolute Gasteiger partial charge is 0.384 e. The molecule has 2 N–H and O–H groups in total. The third-order valence-corrected chi connectivity index (χ3v) is 6.34. The number of hydrogen-bond acceptors (Lipinski definition) is 5. The van der Waals surface area contributed by atoms with Crippen molar-refractivity contribution in [3.8, 4) is 21.7 Å². The lowest BCUT2D eigenvalue weighted by Gasteiger charge is -2.04. The van der Waals surface area contributed by atoms with Crippen molar-refractivity contribution < 1.29 is 0 Å². The van der Waals surface area contributed by atoms with Crippen LogP contribution in [0.3, 0.4) is 0 Å². The highest BCUT2D eigenvalue weighted by Gasteiger charge is 2.16. The smallest absolute Gasteiger partial charge is 0.155 e. The number of nitrogens with two attached hydrogens (primary N) is 1. The summed E-state index contributed by atoms with van der Waals surface area (Å²) in [6.07, 6.45) is 1.75. The van der Waals surface area contributed by atoms with Gasteiger partial charge in [0.1, 0.15) is 5.82 Å². The molecule has 27 heavy (non-hydrogen) atoms. The Morgan fingerprint density at radius 2 is 1.70 bits per heavy atom. The van der Waals surface area contributed by atoms with Crippen LogP contribution in [0.2, 0.25) is 0 Å². The first-order chi connectivity index (χ1) is 13.1. The molecule has 3 nitrogen and oxygen atoms in total. The number of thiazole rings is 1. The first-order valence-electron chi connectivity index (χ1n) is 8.63. The fourth-order valence-electron chi connectivity index (χ4n) is 2.82. The zero-order chi connectivity index (χ0) is 18.8. The molecule has 0 aliphatic rings. The highest BCUT2D eigenvalue weighted by atomic mass is 32.2. The summed E-state index contributed by atoms with van der Waals surface area (Å²) in [5, 5.41) is 0. The van der Waals surface area contributed by atoms with E-state index in [0.29, 0.717) is 5.82 Å². The van der Waals surface area contributed by atoms with E-state index >= 15 is 0 Å². The number of pyridine rings is 1. The molecule has 0 amide bonds. The van der Waals surface area contributed by atoms with Gasteiger partial charge in [0.2, 0.25) is 0 Å². The van der Waals surface area contributed by atoms with Crippen molar-refractivity contribution in [1.29, 1.82) is 0 Å². The van der Waals surface area contributed by atoms with Gasteiger partial charge >= 0.3 is 0 Å². The summed E-state index contributed by atoms with van der Waals surface area (Å²) < 4.78 is 1.01. The van der Waals surface area contributed by atoms with Crippen molar-refractivity contribution >= 4 is 28.9 Å². The summed E-state index contributed by atoms with van der Waals surface area (Å²) in [7, 11) is 0. The number of aryl methyl sites for hydroxylation is 2. The molecule has 4 rings (SSSR count). The topological polar surface area (TPSA) is 51.8 Å². The predicted molar refractivity (Wildman–Crippen MR) is 115 cm³/mol. The van der Waals surface area contributed by atoms with Crippen LogP contribution in [0.25, 0.3) is 21.7 Å². The van der Waals surface area contributed by atoms with Crippen LogP contribution in [0.15, 0.2) is 76.1 Å². The maximum Gasteiger partial charge on any atom is 0.155 e. The number of benzene rings is 2. The molecule has 0 atom stereocenters. The van der Waals surface area contributed by atoms with E-state index < -0.39 is 0 Å². The van der Waals surface area contributed by atoms with Crippen molar-refractivity contribution in [2.45, 2.75) is 23.1 Å². The van der Waals surface area contributed by atoms with Gasteiger partial charge < -0.3 is 5.73 Å². The molecule has 0 aliphatic carbocycles. The monoisotopic (exact) mass is 389 g/mol. The zero-order valence-electron chi connectivity index (χ0n) is 15.1. The van der Waals surface area contributed by atoms with Gasteiger partial charge in [0.15, 0.2) is 4.34 Å². The predicted octanol–water partition coefficient (Wildman–Crippen LogP) is 6.22. The first-order valence-corrected chi connectivity index (χ1v) is 10.3. The van der Waals surface area contributed by atoms with Gasteiger partial charge in [-0.05, 0) is 49.7 Å². The fourth-order valence-corrected chi connectivity index (χ4v) is 4.96. The Hall–Kier alpha value is -2.63. The van der Waals surface area contributed by atoms with E-state index in [0.717, 1.165) is 26.0 Å². The minimum absolute atomic E-state index is 0.517. The number of rotatable bonds is 4. The van der Waals surface area contributed by atoms with Crippen LogP contribution in [0.1, 0.15) is 11.1 Å². The Kier molecular flexibility index (Phi) is 4.97. The molecule has 0 saturated carbocycles. The Morgan fingerprint density at radius 3 is 2.44 bits per heavy atom. The third-order valence-electron chi connectivity index (χ3n) is 4.17. The second-order valence-electron chi connectivity index (χ2n) is 6.41. The molecule has 0 aliphatic heterocycles. The van der Waals surface area contributed by atoms with E-state index in [9.17, 15) is 0 Å². The van der Waals surface area contributed by atoms with Gasteiger partial charge in [0.25, 0.3) is 0 Å². The maximum atomic E-state index is 5.92. The van der Waals surface area contributed by atoms with Gasteiger partial charge in [-0.2, -0.15) is 0 Å². The normalized spacial score (nSPS) is 10.9. The molecular formula is C22H19N3S2. The molecule has 0 spiro atoms. The minimum Gasteiger partial charge on any atom is -0.384 e. The van der Waals surface area contributed by atoms with Crippen LogP contribution in [0.5, 0.6) is 0 Å². The van der Waals surface area contributed by atoms with Crippen LogP contribution >= 0.6 is 23.1 Å². The van der Waals surface area contributed by atoms with E-state index in [1.807, 2.05) is 12.1 Å². The lowest BCUT2D eigenvalue weighted by molar-refractivity contribution is 1.24. The fraction of sp³-hybridized carbons (Fsp3) is 0.0909. The SMILES string of the molecule is Cc1ccc(Sc2nc(-c3cccc(C)c3)c(-c3ccnc(N)c3)s2)cc1. The van der Waals surface area contributed by atoms with E-state index in [2.05, 4.69) is 67.4 Å². The third kappa shape index (κ3) is 4.04. The average Bonchev–Trinajstić information content (AvgIpc) is 3.08. The summed E-state index contributed by atoms with van der Waals surface area (Å²) in [4.78, 5) is 11.4. The van der Waals surface area contributed by atoms with Gasteiger partial charge in [-0.15, -0.1) is 11.3 Å². The molecule has 2 aromatic heterocycles. The second-order valence-corrected chi connectivity index (χ2v) is 8.73. The second kappa shape index (κ2) is 7.55. The molecule has 0 fully saturated rings. The molecule has 0 radical (unpaired) electrons. The van der Waals surface area contributed by atoms with Crippen LogP contribution < -0.4 is 5.73 Å². The van der Waals surface area contributed by atoms with Crippen LogP contribution in [-0.2, 0) is 0 Å². The first kappa shape index (κ1) is 17.8. The van der Waals surface area contributed by atoms with Gasteiger partial charge in [-0.25, -0.2) is 9.97 Å². The van der Waals surface area contributed by atoms with Crippen molar-refractivity contribution in [3.05, 3.63) is 78.0 Å². The summed E-state index contributed by atoms with van der Waals surface area (Å²) in [6, 6.07) is 20.9. The van der Waals surface area contributed by atoms with Gasteiger partial charge in [0, 0.05) is 16.7 Å². The van der Waals surface area contributed by atoms with Crippen LogP contribution in [0.4, 0.5) is 5.82 Å². The van der Waals surface area contributed by atoms with E-state index in [1.54, 1.807) is 29.3 Å². The highest BCUT2D eigenvalue weighted by molar-refractivity contribution is 8.01. The lowest BCUT2D eigenvalue weighted by Crippen LogP contribution is -1.89. The molecule has 2 aromatic carbocycles. The van der Waals surface area contributed by atoms with Crippen molar-refractivity contribution in [1.82, 2.24) is 9.97 Å². The summed E-state index contributed by atoms with van der Waals surface area (Å²) >= 11 is 3.38.